The second-order valence-corrected chi connectivity index (χ2v) is 5.37. The summed E-state index contributed by atoms with van der Waals surface area (Å²) < 4.78 is 5.80. The highest BCUT2D eigenvalue weighted by molar-refractivity contribution is 5.26. The van der Waals surface area contributed by atoms with E-state index >= 15 is 0 Å². The Bertz CT molecular complexity index is 311. The maximum Gasteiger partial charge on any atom is 0.119 e. The lowest BCUT2D eigenvalue weighted by Gasteiger charge is -2.24. The van der Waals surface area contributed by atoms with E-state index < -0.39 is 0 Å². The fourth-order valence-corrected chi connectivity index (χ4v) is 1.34. The van der Waals surface area contributed by atoms with Crippen LogP contribution in [-0.4, -0.2) is 18.2 Å². The molecular weight excluding hydrogens is 198 g/mol. The molecule has 1 aromatic carbocycles. The predicted molar refractivity (Wildman–Crippen MR) is 69.0 cm³/mol. The van der Waals surface area contributed by atoms with Crippen LogP contribution in [0.5, 0.6) is 5.75 Å². The summed E-state index contributed by atoms with van der Waals surface area (Å²) in [4.78, 5) is 0. The summed E-state index contributed by atoms with van der Waals surface area (Å²) >= 11 is 0. The Morgan fingerprint density at radius 2 is 1.75 bits per heavy atom. The minimum atomic E-state index is 0.144. The van der Waals surface area contributed by atoms with Crippen molar-refractivity contribution >= 4 is 0 Å². The van der Waals surface area contributed by atoms with E-state index in [1.165, 1.54) is 5.56 Å². The fraction of sp³-hybridized carbons (Fsp3) is 0.571. The maximum absolute atomic E-state index is 5.80. The smallest absolute Gasteiger partial charge is 0.119 e. The first kappa shape index (κ1) is 13.0. The number of rotatable bonds is 4. The number of aryl methyl sites for hydroxylation is 1. The summed E-state index contributed by atoms with van der Waals surface area (Å²) in [6.07, 6.45) is 0.182. The molecule has 0 saturated heterocycles. The van der Waals surface area contributed by atoms with Crippen LogP contribution < -0.4 is 10.1 Å². The summed E-state index contributed by atoms with van der Waals surface area (Å²) in [6.45, 7) is 11.5. The summed E-state index contributed by atoms with van der Waals surface area (Å²) in [6, 6.07) is 8.17. The van der Waals surface area contributed by atoms with Gasteiger partial charge in [0, 0.05) is 12.1 Å². The van der Waals surface area contributed by atoms with Crippen molar-refractivity contribution < 1.29 is 4.74 Å². The van der Waals surface area contributed by atoms with Crippen molar-refractivity contribution in [2.24, 2.45) is 0 Å². The van der Waals surface area contributed by atoms with E-state index in [0.29, 0.717) is 0 Å². The van der Waals surface area contributed by atoms with Gasteiger partial charge in [-0.2, -0.15) is 0 Å². The van der Waals surface area contributed by atoms with Gasteiger partial charge in [-0.3, -0.25) is 0 Å². The van der Waals surface area contributed by atoms with Crippen LogP contribution in [0.3, 0.4) is 0 Å². The zero-order chi connectivity index (χ0) is 12.2. The highest BCUT2D eigenvalue weighted by atomic mass is 16.5. The van der Waals surface area contributed by atoms with Gasteiger partial charge in [-0.1, -0.05) is 17.7 Å². The third-order valence-electron chi connectivity index (χ3n) is 2.28. The standard InChI is InChI=1S/C14H23NO/c1-11-6-8-13(9-7-11)16-12(2)10-15-14(3,4)5/h6-9,12,15H,10H2,1-5H3. The van der Waals surface area contributed by atoms with Gasteiger partial charge >= 0.3 is 0 Å². The summed E-state index contributed by atoms with van der Waals surface area (Å²) in [7, 11) is 0. The molecule has 0 fully saturated rings. The topological polar surface area (TPSA) is 21.3 Å². The van der Waals surface area contributed by atoms with Crippen molar-refractivity contribution in [3.05, 3.63) is 29.8 Å². The lowest BCUT2D eigenvalue weighted by Crippen LogP contribution is -2.41. The molecule has 0 bridgehead atoms. The molecule has 0 amide bonds. The molecular formula is C14H23NO. The van der Waals surface area contributed by atoms with Gasteiger partial charge in [-0.05, 0) is 46.8 Å². The Kier molecular flexibility index (Phi) is 4.36. The molecule has 1 N–H and O–H groups in total. The van der Waals surface area contributed by atoms with Gasteiger partial charge in [-0.25, -0.2) is 0 Å². The van der Waals surface area contributed by atoms with Crippen LogP contribution in [0.25, 0.3) is 0 Å². The summed E-state index contributed by atoms with van der Waals surface area (Å²) in [5.74, 6) is 0.939. The maximum atomic E-state index is 5.80. The van der Waals surface area contributed by atoms with E-state index in [4.69, 9.17) is 4.74 Å². The molecule has 0 aliphatic heterocycles. The fourth-order valence-electron chi connectivity index (χ4n) is 1.34. The van der Waals surface area contributed by atoms with Gasteiger partial charge in [0.15, 0.2) is 0 Å². The average molecular weight is 221 g/mol. The molecule has 1 unspecified atom stereocenters. The molecule has 1 rings (SSSR count). The van der Waals surface area contributed by atoms with E-state index in [2.05, 4.69) is 52.1 Å². The Labute approximate surface area is 99.0 Å². The largest absolute Gasteiger partial charge is 0.489 e. The first-order valence-corrected chi connectivity index (χ1v) is 5.85. The molecule has 1 aromatic rings. The number of hydrogen-bond donors (Lipinski definition) is 1. The van der Waals surface area contributed by atoms with Crippen LogP contribution in [0.15, 0.2) is 24.3 Å². The van der Waals surface area contributed by atoms with Crippen molar-refractivity contribution in [2.75, 3.05) is 6.54 Å². The first-order valence-electron chi connectivity index (χ1n) is 5.85. The molecule has 0 aliphatic rings. The van der Waals surface area contributed by atoms with Gasteiger partial charge in [0.25, 0.3) is 0 Å². The van der Waals surface area contributed by atoms with Crippen molar-refractivity contribution in [1.29, 1.82) is 0 Å². The molecule has 0 heterocycles. The zero-order valence-electron chi connectivity index (χ0n) is 11.0. The predicted octanol–water partition coefficient (Wildman–Crippen LogP) is 3.15. The van der Waals surface area contributed by atoms with Gasteiger partial charge in [0.1, 0.15) is 11.9 Å². The van der Waals surface area contributed by atoms with Crippen molar-refractivity contribution in [3.8, 4) is 5.75 Å². The van der Waals surface area contributed by atoms with Gasteiger partial charge < -0.3 is 10.1 Å². The number of nitrogens with one attached hydrogen (secondary N) is 1. The van der Waals surface area contributed by atoms with E-state index in [9.17, 15) is 0 Å². The molecule has 2 nitrogen and oxygen atoms in total. The number of hydrogen-bond acceptors (Lipinski definition) is 2. The number of ether oxygens (including phenoxy) is 1. The summed E-state index contributed by atoms with van der Waals surface area (Å²) in [5, 5.41) is 3.43. The normalized spacial score (nSPS) is 13.6. The van der Waals surface area contributed by atoms with Crippen LogP contribution in [-0.2, 0) is 0 Å². The molecule has 0 aromatic heterocycles. The van der Waals surface area contributed by atoms with Crippen molar-refractivity contribution in [3.63, 3.8) is 0 Å². The van der Waals surface area contributed by atoms with Crippen LogP contribution >= 0.6 is 0 Å². The van der Waals surface area contributed by atoms with Gasteiger partial charge in [0.2, 0.25) is 0 Å². The van der Waals surface area contributed by atoms with E-state index in [1.807, 2.05) is 12.1 Å². The van der Waals surface area contributed by atoms with Crippen LogP contribution in [0.4, 0.5) is 0 Å². The first-order chi connectivity index (χ1) is 7.37. The van der Waals surface area contributed by atoms with Crippen molar-refractivity contribution in [1.82, 2.24) is 5.32 Å². The minimum absolute atomic E-state index is 0.144. The summed E-state index contributed by atoms with van der Waals surface area (Å²) in [5.41, 5.74) is 1.40. The monoisotopic (exact) mass is 221 g/mol. The molecule has 90 valence electrons. The average Bonchev–Trinajstić information content (AvgIpc) is 2.18. The minimum Gasteiger partial charge on any atom is -0.489 e. The highest BCUT2D eigenvalue weighted by Crippen LogP contribution is 2.13. The zero-order valence-corrected chi connectivity index (χ0v) is 11.0. The Morgan fingerprint density at radius 3 is 2.25 bits per heavy atom. The van der Waals surface area contributed by atoms with Crippen molar-refractivity contribution in [2.45, 2.75) is 46.3 Å². The Morgan fingerprint density at radius 1 is 1.19 bits per heavy atom. The highest BCUT2D eigenvalue weighted by Gasteiger charge is 2.11. The van der Waals surface area contributed by atoms with Crippen LogP contribution in [0.2, 0.25) is 0 Å². The molecule has 0 aliphatic carbocycles. The third-order valence-corrected chi connectivity index (χ3v) is 2.28. The quantitative estimate of drug-likeness (QED) is 0.843. The van der Waals surface area contributed by atoms with E-state index in [-0.39, 0.29) is 11.6 Å². The van der Waals surface area contributed by atoms with Gasteiger partial charge in [-0.15, -0.1) is 0 Å². The van der Waals surface area contributed by atoms with Crippen LogP contribution in [0.1, 0.15) is 33.3 Å². The molecule has 0 saturated carbocycles. The lowest BCUT2D eigenvalue weighted by atomic mass is 10.1. The molecule has 16 heavy (non-hydrogen) atoms. The third kappa shape index (κ3) is 5.17. The molecule has 2 heteroatoms. The second-order valence-electron chi connectivity index (χ2n) is 5.37. The van der Waals surface area contributed by atoms with E-state index in [0.717, 1.165) is 12.3 Å². The Hall–Kier alpha value is -1.02. The molecule has 0 radical (unpaired) electrons. The SMILES string of the molecule is Cc1ccc(OC(C)CNC(C)(C)C)cc1. The molecule has 0 spiro atoms. The second kappa shape index (κ2) is 5.35. The Balaban J connectivity index is 2.39. The molecule has 1 atom stereocenters. The van der Waals surface area contributed by atoms with E-state index in [1.54, 1.807) is 0 Å². The number of benzene rings is 1. The van der Waals surface area contributed by atoms with Gasteiger partial charge in [0.05, 0.1) is 0 Å². The lowest BCUT2D eigenvalue weighted by molar-refractivity contribution is 0.203. The van der Waals surface area contributed by atoms with Crippen LogP contribution in [0, 0.1) is 6.92 Å².